The number of ketones is 2. The second-order valence-corrected chi connectivity index (χ2v) is 5.48. The Labute approximate surface area is 152 Å². The van der Waals surface area contributed by atoms with Crippen LogP contribution in [0.25, 0.3) is 0 Å². The molecule has 0 unspecified atom stereocenters. The van der Waals surface area contributed by atoms with E-state index in [0.717, 1.165) is 13.3 Å². The first-order valence-corrected chi connectivity index (χ1v) is 7.85. The van der Waals surface area contributed by atoms with Crippen molar-refractivity contribution in [3.8, 4) is 0 Å². The van der Waals surface area contributed by atoms with Crippen LogP contribution in [0.1, 0.15) is 44.7 Å². The van der Waals surface area contributed by atoms with Gasteiger partial charge in [-0.3, -0.25) is 14.6 Å². The van der Waals surface area contributed by atoms with E-state index in [1.165, 1.54) is 31.2 Å². The monoisotopic (exact) mass is 380 g/mol. The van der Waals surface area contributed by atoms with Crippen LogP contribution in [0.15, 0.2) is 30.5 Å². The first kappa shape index (κ1) is 20.2. The van der Waals surface area contributed by atoms with Crippen LogP contribution >= 0.6 is 0 Å². The third-order valence-corrected chi connectivity index (χ3v) is 3.72. The van der Waals surface area contributed by atoms with Crippen LogP contribution in [0.4, 0.5) is 13.2 Å². The highest BCUT2D eigenvalue weighted by molar-refractivity contribution is 6.41. The van der Waals surface area contributed by atoms with Gasteiger partial charge in [0.05, 0.1) is 19.0 Å². The second-order valence-electron chi connectivity index (χ2n) is 5.48. The van der Waals surface area contributed by atoms with E-state index in [2.05, 4.69) is 14.7 Å². The van der Waals surface area contributed by atoms with E-state index >= 15 is 0 Å². The van der Waals surface area contributed by atoms with Crippen molar-refractivity contribution < 1.29 is 32.3 Å². The molecular weight excluding hydrogens is 365 g/mol. The Balaban J connectivity index is 2.37. The van der Waals surface area contributed by atoms with Gasteiger partial charge in [0.25, 0.3) is 5.78 Å². The largest absolute Gasteiger partial charge is 0.463 e. The molecule has 0 saturated carbocycles. The number of hydrogen-bond donors (Lipinski definition) is 0. The molecule has 0 atom stereocenters. The van der Waals surface area contributed by atoms with Crippen molar-refractivity contribution in [1.82, 2.24) is 9.97 Å². The number of aryl methyl sites for hydroxylation is 1. The highest BCUT2D eigenvalue weighted by Gasteiger charge is 2.36. The van der Waals surface area contributed by atoms with Gasteiger partial charge in [-0.1, -0.05) is 31.2 Å². The highest BCUT2D eigenvalue weighted by Crippen LogP contribution is 2.30. The van der Waals surface area contributed by atoms with Crippen molar-refractivity contribution in [2.24, 2.45) is 0 Å². The Hall–Kier alpha value is -3.10. The average Bonchev–Trinajstić information content (AvgIpc) is 2.65. The minimum Gasteiger partial charge on any atom is -0.463 e. The van der Waals surface area contributed by atoms with E-state index in [-0.39, 0.29) is 23.2 Å². The lowest BCUT2D eigenvalue weighted by Crippen LogP contribution is -2.20. The fraction of sp³-hybridized carbons (Fsp3) is 0.278. The topological polar surface area (TPSA) is 86.2 Å². The lowest BCUT2D eigenvalue weighted by molar-refractivity contribution is -0.142. The molecule has 9 heteroatoms. The molecule has 0 amide bonds. The predicted octanol–water partition coefficient (Wildman–Crippen LogP) is 2.84. The van der Waals surface area contributed by atoms with Crippen LogP contribution in [-0.2, 0) is 28.5 Å². The molecule has 1 aromatic carbocycles. The van der Waals surface area contributed by atoms with Gasteiger partial charge in [-0.05, 0) is 12.0 Å². The first-order valence-electron chi connectivity index (χ1n) is 7.85. The molecule has 27 heavy (non-hydrogen) atoms. The Bertz CT molecular complexity index is 894. The molecular formula is C18H15F3N2O4. The summed E-state index contributed by atoms with van der Waals surface area (Å²) in [4.78, 5) is 43.0. The zero-order valence-corrected chi connectivity index (χ0v) is 14.5. The van der Waals surface area contributed by atoms with Gasteiger partial charge in [0.1, 0.15) is 5.69 Å². The van der Waals surface area contributed by atoms with Gasteiger partial charge in [0, 0.05) is 12.0 Å². The molecule has 0 bridgehead atoms. The van der Waals surface area contributed by atoms with Crippen molar-refractivity contribution in [3.63, 3.8) is 0 Å². The maximum Gasteiger partial charge on any atom is 0.435 e. The molecule has 0 aliphatic heterocycles. The standard InChI is InChI=1S/C18H15F3N2O4/c1-3-12-16(18(19,20)21)23-13(9-22-12)14(24)8-10-6-4-5-7-11(10)15(25)17(26)27-2/h4-7,9H,3,8H2,1-2H3. The molecule has 0 spiro atoms. The summed E-state index contributed by atoms with van der Waals surface area (Å²) in [6.45, 7) is 1.50. The number of carbonyl (C=O) groups excluding carboxylic acids is 3. The summed E-state index contributed by atoms with van der Waals surface area (Å²) in [6.07, 6.45) is -4.18. The van der Waals surface area contributed by atoms with E-state index in [1.54, 1.807) is 0 Å². The Kier molecular flexibility index (Phi) is 6.04. The lowest BCUT2D eigenvalue weighted by atomic mass is 9.98. The molecule has 0 aliphatic carbocycles. The van der Waals surface area contributed by atoms with Gasteiger partial charge >= 0.3 is 12.1 Å². The number of nitrogens with zero attached hydrogens (tertiary/aromatic N) is 2. The summed E-state index contributed by atoms with van der Waals surface area (Å²) in [5.41, 5.74) is -1.84. The van der Waals surface area contributed by atoms with E-state index in [4.69, 9.17) is 0 Å². The minimum absolute atomic E-state index is 0.00672. The zero-order chi connectivity index (χ0) is 20.2. The smallest absolute Gasteiger partial charge is 0.435 e. The maximum atomic E-state index is 13.1. The summed E-state index contributed by atoms with van der Waals surface area (Å²) in [6, 6.07) is 5.77. The minimum atomic E-state index is -4.74. The quantitative estimate of drug-likeness (QED) is 0.435. The number of benzene rings is 1. The van der Waals surface area contributed by atoms with Crippen molar-refractivity contribution in [2.45, 2.75) is 25.9 Å². The van der Waals surface area contributed by atoms with Crippen LogP contribution in [-0.4, -0.2) is 34.6 Å². The zero-order valence-electron chi connectivity index (χ0n) is 14.5. The fourth-order valence-corrected chi connectivity index (χ4v) is 2.40. The van der Waals surface area contributed by atoms with Crippen LogP contribution in [0.5, 0.6) is 0 Å². The number of halogens is 3. The molecule has 0 aliphatic rings. The Morgan fingerprint density at radius 1 is 1.15 bits per heavy atom. The number of Topliss-reactive ketones (excluding diaryl/α,β-unsaturated/α-hetero) is 2. The third-order valence-electron chi connectivity index (χ3n) is 3.72. The number of rotatable bonds is 6. The summed E-state index contributed by atoms with van der Waals surface area (Å²) in [5, 5.41) is 0. The molecule has 1 heterocycles. The normalized spacial score (nSPS) is 11.1. The molecule has 2 aromatic rings. The molecule has 0 radical (unpaired) electrons. The fourth-order valence-electron chi connectivity index (χ4n) is 2.40. The van der Waals surface area contributed by atoms with Crippen LogP contribution in [0.2, 0.25) is 0 Å². The molecule has 0 N–H and O–H groups in total. The number of alkyl halides is 3. The third kappa shape index (κ3) is 4.55. The van der Waals surface area contributed by atoms with E-state index in [9.17, 15) is 27.6 Å². The van der Waals surface area contributed by atoms with Crippen LogP contribution in [0.3, 0.4) is 0 Å². The van der Waals surface area contributed by atoms with Crippen LogP contribution in [0, 0.1) is 0 Å². The van der Waals surface area contributed by atoms with Crippen molar-refractivity contribution >= 4 is 17.5 Å². The molecule has 0 saturated heterocycles. The van der Waals surface area contributed by atoms with Gasteiger partial charge in [-0.25, -0.2) is 9.78 Å². The number of esters is 1. The van der Waals surface area contributed by atoms with Crippen molar-refractivity contribution in [3.05, 3.63) is 58.7 Å². The highest BCUT2D eigenvalue weighted by atomic mass is 19.4. The summed E-state index contributed by atoms with van der Waals surface area (Å²) >= 11 is 0. The van der Waals surface area contributed by atoms with E-state index in [1.807, 2.05) is 0 Å². The molecule has 2 rings (SSSR count). The van der Waals surface area contributed by atoms with Crippen LogP contribution < -0.4 is 0 Å². The lowest BCUT2D eigenvalue weighted by Gasteiger charge is -2.11. The average molecular weight is 380 g/mol. The first-order chi connectivity index (χ1) is 12.7. The SMILES string of the molecule is CCc1ncc(C(=O)Cc2ccccc2C(=O)C(=O)OC)nc1C(F)(F)F. The summed E-state index contributed by atoms with van der Waals surface area (Å²) in [5.74, 6) is -2.83. The molecule has 0 fully saturated rings. The summed E-state index contributed by atoms with van der Waals surface area (Å²) < 4.78 is 43.6. The number of ether oxygens (including phenoxy) is 1. The number of carbonyl (C=O) groups is 3. The predicted molar refractivity (Wildman–Crippen MR) is 87.2 cm³/mol. The van der Waals surface area contributed by atoms with Crippen molar-refractivity contribution in [2.75, 3.05) is 7.11 Å². The second kappa shape index (κ2) is 8.07. The number of aromatic nitrogens is 2. The number of hydrogen-bond acceptors (Lipinski definition) is 6. The van der Waals surface area contributed by atoms with Gasteiger partial charge < -0.3 is 4.74 Å². The maximum absolute atomic E-state index is 13.1. The van der Waals surface area contributed by atoms with E-state index < -0.39 is 41.5 Å². The number of methoxy groups -OCH3 is 1. The van der Waals surface area contributed by atoms with Gasteiger partial charge in [0.2, 0.25) is 0 Å². The summed E-state index contributed by atoms with van der Waals surface area (Å²) in [7, 11) is 1.04. The van der Waals surface area contributed by atoms with E-state index in [0.29, 0.717) is 0 Å². The molecule has 142 valence electrons. The van der Waals surface area contributed by atoms with Gasteiger partial charge in [0.15, 0.2) is 11.5 Å². The Morgan fingerprint density at radius 2 is 1.81 bits per heavy atom. The molecule has 1 aromatic heterocycles. The molecule has 6 nitrogen and oxygen atoms in total. The van der Waals surface area contributed by atoms with Gasteiger partial charge in [-0.15, -0.1) is 0 Å². The Morgan fingerprint density at radius 3 is 2.41 bits per heavy atom. The van der Waals surface area contributed by atoms with Gasteiger partial charge in [-0.2, -0.15) is 13.2 Å². The van der Waals surface area contributed by atoms with Crippen molar-refractivity contribution in [1.29, 1.82) is 0 Å².